The fraction of sp³-hybridized carbons (Fsp3) is 0.533. The molecule has 1 heterocycles. The van der Waals surface area contributed by atoms with E-state index in [0.717, 1.165) is 50.4 Å². The van der Waals surface area contributed by atoms with Crippen LogP contribution in [-0.2, 0) is 4.74 Å². The maximum absolute atomic E-state index is 8.90. The Morgan fingerprint density at radius 3 is 2.65 bits per heavy atom. The van der Waals surface area contributed by atoms with Crippen molar-refractivity contribution in [3.63, 3.8) is 0 Å². The van der Waals surface area contributed by atoms with Crippen LogP contribution in [0.2, 0.25) is 0 Å². The second kappa shape index (κ2) is 7.63. The predicted octanol–water partition coefficient (Wildman–Crippen LogP) is 2.48. The molecule has 4 nitrogen and oxygen atoms in total. The molecular formula is C15H20BrN3O. The average molecular weight is 338 g/mol. The molecule has 0 saturated carbocycles. The van der Waals surface area contributed by atoms with Gasteiger partial charge in [0.15, 0.2) is 0 Å². The molecule has 0 bridgehead atoms. The highest BCUT2D eigenvalue weighted by Gasteiger charge is 2.18. The average Bonchev–Trinajstić information content (AvgIpc) is 2.48. The van der Waals surface area contributed by atoms with Crippen LogP contribution in [0.15, 0.2) is 22.7 Å². The molecule has 1 fully saturated rings. The standard InChI is InChI=1S/C15H20BrN3O/c1-2-20-10-9-18-5-7-19(8-6-18)15-4-3-13(12-17)11-14(15)16/h3-4,11H,2,5-10H2,1H3. The first-order valence-corrected chi connectivity index (χ1v) is 7.78. The zero-order chi connectivity index (χ0) is 14.4. The van der Waals surface area contributed by atoms with Crippen molar-refractivity contribution in [1.82, 2.24) is 4.90 Å². The Morgan fingerprint density at radius 1 is 1.30 bits per heavy atom. The van der Waals surface area contributed by atoms with Crippen LogP contribution in [-0.4, -0.2) is 50.8 Å². The molecular weight excluding hydrogens is 318 g/mol. The van der Waals surface area contributed by atoms with E-state index in [4.69, 9.17) is 10.00 Å². The summed E-state index contributed by atoms with van der Waals surface area (Å²) in [6.07, 6.45) is 0. The second-order valence-electron chi connectivity index (χ2n) is 4.80. The van der Waals surface area contributed by atoms with E-state index in [-0.39, 0.29) is 0 Å². The fourth-order valence-corrected chi connectivity index (χ4v) is 3.01. The van der Waals surface area contributed by atoms with Gasteiger partial charge in [-0.25, -0.2) is 0 Å². The Bertz CT molecular complexity index is 478. The van der Waals surface area contributed by atoms with Gasteiger partial charge in [0, 0.05) is 43.8 Å². The highest BCUT2D eigenvalue weighted by Crippen LogP contribution is 2.28. The normalized spacial score (nSPS) is 16.1. The Morgan fingerprint density at radius 2 is 2.05 bits per heavy atom. The van der Waals surface area contributed by atoms with Crippen molar-refractivity contribution in [2.45, 2.75) is 6.92 Å². The van der Waals surface area contributed by atoms with Crippen molar-refractivity contribution in [3.8, 4) is 6.07 Å². The van der Waals surface area contributed by atoms with Gasteiger partial charge in [-0.1, -0.05) is 0 Å². The molecule has 108 valence electrons. The molecule has 5 heteroatoms. The highest BCUT2D eigenvalue weighted by molar-refractivity contribution is 9.10. The molecule has 1 aliphatic heterocycles. The number of benzene rings is 1. The van der Waals surface area contributed by atoms with E-state index in [1.165, 1.54) is 5.69 Å². The van der Waals surface area contributed by atoms with Crippen LogP contribution in [0.3, 0.4) is 0 Å². The SMILES string of the molecule is CCOCCN1CCN(c2ccc(C#N)cc2Br)CC1. The first-order valence-electron chi connectivity index (χ1n) is 6.99. The zero-order valence-corrected chi connectivity index (χ0v) is 13.4. The van der Waals surface area contributed by atoms with E-state index in [1.807, 2.05) is 25.1 Å². The summed E-state index contributed by atoms with van der Waals surface area (Å²) in [7, 11) is 0. The van der Waals surface area contributed by atoms with Crippen molar-refractivity contribution in [2.75, 3.05) is 50.8 Å². The molecule has 1 saturated heterocycles. The van der Waals surface area contributed by atoms with Crippen LogP contribution in [0.1, 0.15) is 12.5 Å². The van der Waals surface area contributed by atoms with Gasteiger partial charge < -0.3 is 9.64 Å². The molecule has 20 heavy (non-hydrogen) atoms. The Hall–Kier alpha value is -1.09. The third-order valence-corrected chi connectivity index (χ3v) is 4.18. The highest BCUT2D eigenvalue weighted by atomic mass is 79.9. The minimum absolute atomic E-state index is 0.691. The predicted molar refractivity (Wildman–Crippen MR) is 84.0 cm³/mol. The summed E-state index contributed by atoms with van der Waals surface area (Å²) in [6, 6.07) is 7.95. The van der Waals surface area contributed by atoms with Crippen LogP contribution in [0.4, 0.5) is 5.69 Å². The second-order valence-corrected chi connectivity index (χ2v) is 5.66. The number of rotatable bonds is 5. The Kier molecular flexibility index (Phi) is 5.84. The van der Waals surface area contributed by atoms with Crippen LogP contribution in [0, 0.1) is 11.3 Å². The molecule has 0 amide bonds. The lowest BCUT2D eigenvalue weighted by atomic mass is 10.2. The third kappa shape index (κ3) is 3.95. The van der Waals surface area contributed by atoms with Crippen LogP contribution >= 0.6 is 15.9 Å². The number of nitriles is 1. The summed E-state index contributed by atoms with van der Waals surface area (Å²) < 4.78 is 6.40. The molecule has 0 aromatic heterocycles. The van der Waals surface area contributed by atoms with Gasteiger partial charge in [-0.15, -0.1) is 0 Å². The van der Waals surface area contributed by atoms with E-state index >= 15 is 0 Å². The molecule has 0 N–H and O–H groups in total. The van der Waals surface area contributed by atoms with Crippen molar-refractivity contribution < 1.29 is 4.74 Å². The Balaban J connectivity index is 1.89. The van der Waals surface area contributed by atoms with E-state index in [0.29, 0.717) is 5.56 Å². The van der Waals surface area contributed by atoms with E-state index < -0.39 is 0 Å². The van der Waals surface area contributed by atoms with Gasteiger partial charge >= 0.3 is 0 Å². The third-order valence-electron chi connectivity index (χ3n) is 3.55. The van der Waals surface area contributed by atoms with Crippen molar-refractivity contribution in [3.05, 3.63) is 28.2 Å². The molecule has 1 aromatic carbocycles. The smallest absolute Gasteiger partial charge is 0.0992 e. The van der Waals surface area contributed by atoms with Gasteiger partial charge in [-0.3, -0.25) is 4.90 Å². The minimum Gasteiger partial charge on any atom is -0.380 e. The lowest BCUT2D eigenvalue weighted by molar-refractivity contribution is 0.111. The molecule has 0 atom stereocenters. The molecule has 0 spiro atoms. The summed E-state index contributed by atoms with van der Waals surface area (Å²) in [4.78, 5) is 4.80. The summed E-state index contributed by atoms with van der Waals surface area (Å²) >= 11 is 3.56. The van der Waals surface area contributed by atoms with Crippen LogP contribution in [0.25, 0.3) is 0 Å². The maximum Gasteiger partial charge on any atom is 0.0992 e. The zero-order valence-electron chi connectivity index (χ0n) is 11.8. The number of ether oxygens (including phenoxy) is 1. The van der Waals surface area contributed by atoms with Gasteiger partial charge in [-0.2, -0.15) is 5.26 Å². The molecule has 1 aromatic rings. The summed E-state index contributed by atoms with van der Waals surface area (Å²) in [5, 5.41) is 8.90. The van der Waals surface area contributed by atoms with E-state index in [1.54, 1.807) is 0 Å². The number of halogens is 1. The number of anilines is 1. The Labute approximate surface area is 129 Å². The summed E-state index contributed by atoms with van der Waals surface area (Å²) in [5.41, 5.74) is 1.87. The number of piperazine rings is 1. The summed E-state index contributed by atoms with van der Waals surface area (Å²) in [5.74, 6) is 0. The van der Waals surface area contributed by atoms with Gasteiger partial charge in [0.05, 0.1) is 23.9 Å². The number of hydrogen-bond acceptors (Lipinski definition) is 4. The molecule has 0 radical (unpaired) electrons. The van der Waals surface area contributed by atoms with Gasteiger partial charge in [0.25, 0.3) is 0 Å². The fourth-order valence-electron chi connectivity index (χ4n) is 2.38. The number of hydrogen-bond donors (Lipinski definition) is 0. The lowest BCUT2D eigenvalue weighted by Crippen LogP contribution is -2.47. The number of nitrogens with zero attached hydrogens (tertiary/aromatic N) is 3. The quantitative estimate of drug-likeness (QED) is 0.774. The molecule has 0 unspecified atom stereocenters. The minimum atomic E-state index is 0.691. The molecule has 1 aliphatic rings. The van der Waals surface area contributed by atoms with Gasteiger partial charge in [0.1, 0.15) is 0 Å². The molecule has 2 rings (SSSR count). The van der Waals surface area contributed by atoms with E-state index in [9.17, 15) is 0 Å². The van der Waals surface area contributed by atoms with Crippen molar-refractivity contribution in [2.24, 2.45) is 0 Å². The van der Waals surface area contributed by atoms with E-state index in [2.05, 4.69) is 31.8 Å². The van der Waals surface area contributed by atoms with Crippen molar-refractivity contribution >= 4 is 21.6 Å². The van der Waals surface area contributed by atoms with Crippen molar-refractivity contribution in [1.29, 1.82) is 5.26 Å². The maximum atomic E-state index is 8.90. The van der Waals surface area contributed by atoms with Crippen LogP contribution in [0.5, 0.6) is 0 Å². The first-order chi connectivity index (χ1) is 9.74. The topological polar surface area (TPSA) is 39.5 Å². The largest absolute Gasteiger partial charge is 0.380 e. The summed E-state index contributed by atoms with van der Waals surface area (Å²) in [6.45, 7) is 8.78. The monoisotopic (exact) mass is 337 g/mol. The first kappa shape index (κ1) is 15.3. The lowest BCUT2D eigenvalue weighted by Gasteiger charge is -2.36. The van der Waals surface area contributed by atoms with Gasteiger partial charge in [0.2, 0.25) is 0 Å². The van der Waals surface area contributed by atoms with Gasteiger partial charge in [-0.05, 0) is 41.1 Å². The van der Waals surface area contributed by atoms with Crippen LogP contribution < -0.4 is 4.90 Å². The molecule has 0 aliphatic carbocycles.